The molecule has 0 aromatic carbocycles. The second-order valence-corrected chi connectivity index (χ2v) is 4.55. The van der Waals surface area contributed by atoms with Gasteiger partial charge in [-0.15, -0.1) is 11.3 Å². The van der Waals surface area contributed by atoms with Crippen molar-refractivity contribution in [2.45, 2.75) is 26.4 Å². The number of nitrogens with zero attached hydrogens (tertiary/aromatic N) is 1. The van der Waals surface area contributed by atoms with Gasteiger partial charge < -0.3 is 15.7 Å². The molecule has 94 valence electrons. The van der Waals surface area contributed by atoms with Gasteiger partial charge in [0.1, 0.15) is 11.0 Å². The normalized spacial score (nSPS) is 12.1. The predicted molar refractivity (Wildman–Crippen MR) is 63.8 cm³/mol. The number of carbonyl (C=O) groups is 2. The highest BCUT2D eigenvalue weighted by atomic mass is 32.1. The zero-order chi connectivity index (χ0) is 12.8. The summed E-state index contributed by atoms with van der Waals surface area (Å²) in [6, 6.07) is -0.909. The number of hydrogen-bond donors (Lipinski definition) is 3. The molecule has 0 saturated carbocycles. The number of carbonyl (C=O) groups excluding carboxylic acids is 1. The van der Waals surface area contributed by atoms with E-state index in [9.17, 15) is 9.59 Å². The van der Waals surface area contributed by atoms with Gasteiger partial charge in [0.05, 0.1) is 0 Å². The molecule has 0 saturated heterocycles. The standard InChI is InChI=1S/C10H15N3O3S/c1-6-5-17-9(12-6)4-11-3-8(10(15)16)13-7(2)14/h5,8,11H,3-4H2,1-2H3,(H,13,14)(H,15,16). The van der Waals surface area contributed by atoms with Crippen LogP contribution in [0.4, 0.5) is 0 Å². The molecule has 0 fully saturated rings. The average molecular weight is 257 g/mol. The van der Waals surface area contributed by atoms with E-state index in [4.69, 9.17) is 5.11 Å². The Hall–Kier alpha value is -1.47. The van der Waals surface area contributed by atoms with Gasteiger partial charge in [-0.3, -0.25) is 4.79 Å². The monoisotopic (exact) mass is 257 g/mol. The molecule has 1 aromatic rings. The minimum Gasteiger partial charge on any atom is -0.480 e. The Labute approximate surface area is 103 Å². The van der Waals surface area contributed by atoms with Gasteiger partial charge in [-0.25, -0.2) is 9.78 Å². The van der Waals surface area contributed by atoms with Crippen LogP contribution in [0.1, 0.15) is 17.6 Å². The van der Waals surface area contributed by atoms with Crippen molar-refractivity contribution in [3.8, 4) is 0 Å². The fourth-order valence-electron chi connectivity index (χ4n) is 1.25. The fraction of sp³-hybridized carbons (Fsp3) is 0.500. The summed E-state index contributed by atoms with van der Waals surface area (Å²) >= 11 is 1.52. The van der Waals surface area contributed by atoms with E-state index in [0.717, 1.165) is 10.7 Å². The summed E-state index contributed by atoms with van der Waals surface area (Å²) < 4.78 is 0. The highest BCUT2D eigenvalue weighted by Crippen LogP contribution is 2.07. The third kappa shape index (κ3) is 4.92. The Kier molecular flexibility index (Phi) is 5.05. The summed E-state index contributed by atoms with van der Waals surface area (Å²) in [5.41, 5.74) is 0.948. The summed E-state index contributed by atoms with van der Waals surface area (Å²) in [6.07, 6.45) is 0. The number of amides is 1. The van der Waals surface area contributed by atoms with Gasteiger partial charge >= 0.3 is 5.97 Å². The average Bonchev–Trinajstić information content (AvgIpc) is 2.62. The van der Waals surface area contributed by atoms with Gasteiger partial charge in [-0.2, -0.15) is 0 Å². The van der Waals surface area contributed by atoms with Crippen molar-refractivity contribution in [1.82, 2.24) is 15.6 Å². The van der Waals surface area contributed by atoms with Crippen LogP contribution in [-0.4, -0.2) is 34.6 Å². The molecule has 1 rings (SSSR count). The van der Waals surface area contributed by atoms with Crippen molar-refractivity contribution in [3.63, 3.8) is 0 Å². The Bertz CT molecular complexity index is 405. The van der Waals surface area contributed by atoms with Crippen LogP contribution in [-0.2, 0) is 16.1 Å². The minimum absolute atomic E-state index is 0.174. The lowest BCUT2D eigenvalue weighted by atomic mass is 10.3. The predicted octanol–water partition coefficient (Wildman–Crippen LogP) is 0.130. The Morgan fingerprint density at radius 1 is 1.59 bits per heavy atom. The van der Waals surface area contributed by atoms with Crippen molar-refractivity contribution in [2.24, 2.45) is 0 Å². The van der Waals surface area contributed by atoms with Crippen molar-refractivity contribution in [1.29, 1.82) is 0 Å². The van der Waals surface area contributed by atoms with Crippen molar-refractivity contribution < 1.29 is 14.7 Å². The molecule has 0 spiro atoms. The number of carboxylic acids is 1. The molecule has 0 bridgehead atoms. The zero-order valence-electron chi connectivity index (χ0n) is 9.69. The van der Waals surface area contributed by atoms with Gasteiger partial charge in [0.25, 0.3) is 0 Å². The first kappa shape index (κ1) is 13.6. The number of carboxylic acid groups (broad SMARTS) is 1. The lowest BCUT2D eigenvalue weighted by molar-refractivity contribution is -0.141. The smallest absolute Gasteiger partial charge is 0.327 e. The van der Waals surface area contributed by atoms with Crippen LogP contribution in [0.3, 0.4) is 0 Å². The van der Waals surface area contributed by atoms with E-state index in [-0.39, 0.29) is 12.5 Å². The molecule has 1 unspecified atom stereocenters. The van der Waals surface area contributed by atoms with Crippen LogP contribution in [0.25, 0.3) is 0 Å². The van der Waals surface area contributed by atoms with Gasteiger partial charge in [-0.05, 0) is 6.92 Å². The molecular formula is C10H15N3O3S. The van der Waals surface area contributed by atoms with Crippen molar-refractivity contribution >= 4 is 23.2 Å². The number of aliphatic carboxylic acids is 1. The molecule has 7 heteroatoms. The van der Waals surface area contributed by atoms with Gasteiger partial charge in [0.2, 0.25) is 5.91 Å². The van der Waals surface area contributed by atoms with E-state index in [2.05, 4.69) is 15.6 Å². The third-order valence-electron chi connectivity index (χ3n) is 1.97. The highest BCUT2D eigenvalue weighted by Gasteiger charge is 2.17. The summed E-state index contributed by atoms with van der Waals surface area (Å²) in [4.78, 5) is 25.8. The first-order valence-corrected chi connectivity index (χ1v) is 5.98. The van der Waals surface area contributed by atoms with Crippen LogP contribution in [0.2, 0.25) is 0 Å². The summed E-state index contributed by atoms with van der Waals surface area (Å²) in [5.74, 6) is -1.41. The van der Waals surface area contributed by atoms with Crippen LogP contribution in [0.5, 0.6) is 0 Å². The number of rotatable bonds is 6. The molecule has 6 nitrogen and oxygen atoms in total. The number of thiazole rings is 1. The van der Waals surface area contributed by atoms with E-state index in [1.54, 1.807) is 0 Å². The number of nitrogens with one attached hydrogen (secondary N) is 2. The molecule has 1 heterocycles. The van der Waals surface area contributed by atoms with Crippen LogP contribution < -0.4 is 10.6 Å². The van der Waals surface area contributed by atoms with E-state index >= 15 is 0 Å². The Morgan fingerprint density at radius 3 is 2.76 bits per heavy atom. The fourth-order valence-corrected chi connectivity index (χ4v) is 1.99. The Morgan fingerprint density at radius 2 is 2.29 bits per heavy atom. The maximum atomic E-state index is 10.8. The first-order chi connectivity index (χ1) is 7.99. The molecule has 3 N–H and O–H groups in total. The van der Waals surface area contributed by atoms with Crippen LogP contribution in [0.15, 0.2) is 5.38 Å². The number of aromatic nitrogens is 1. The maximum absolute atomic E-state index is 10.8. The SMILES string of the molecule is CC(=O)NC(CNCc1nc(C)cs1)C(=O)O. The lowest BCUT2D eigenvalue weighted by Gasteiger charge is -2.13. The highest BCUT2D eigenvalue weighted by molar-refractivity contribution is 7.09. The molecule has 17 heavy (non-hydrogen) atoms. The largest absolute Gasteiger partial charge is 0.480 e. The van der Waals surface area contributed by atoms with Gasteiger partial charge in [-0.1, -0.05) is 0 Å². The number of aryl methyl sites for hydroxylation is 1. The summed E-state index contributed by atoms with van der Waals surface area (Å²) in [6.45, 7) is 3.87. The summed E-state index contributed by atoms with van der Waals surface area (Å²) in [5, 5.41) is 17.0. The van der Waals surface area contributed by atoms with Crippen LogP contribution >= 0.6 is 11.3 Å². The zero-order valence-corrected chi connectivity index (χ0v) is 10.5. The van der Waals surface area contributed by atoms with E-state index < -0.39 is 12.0 Å². The van der Waals surface area contributed by atoms with E-state index in [1.807, 2.05) is 12.3 Å². The lowest BCUT2D eigenvalue weighted by Crippen LogP contribution is -2.46. The number of hydrogen-bond acceptors (Lipinski definition) is 5. The second kappa shape index (κ2) is 6.31. The molecule has 0 aliphatic rings. The first-order valence-electron chi connectivity index (χ1n) is 5.10. The van der Waals surface area contributed by atoms with Crippen LogP contribution in [0, 0.1) is 6.92 Å². The quantitative estimate of drug-likeness (QED) is 0.674. The topological polar surface area (TPSA) is 91.3 Å². The molecule has 1 atom stereocenters. The van der Waals surface area contributed by atoms with Crippen molar-refractivity contribution in [3.05, 3.63) is 16.1 Å². The Balaban J connectivity index is 2.37. The van der Waals surface area contributed by atoms with Crippen molar-refractivity contribution in [2.75, 3.05) is 6.54 Å². The molecule has 1 aromatic heterocycles. The second-order valence-electron chi connectivity index (χ2n) is 3.60. The maximum Gasteiger partial charge on any atom is 0.327 e. The van der Waals surface area contributed by atoms with Gasteiger partial charge in [0, 0.05) is 31.1 Å². The molecular weight excluding hydrogens is 242 g/mol. The molecule has 1 amide bonds. The summed E-state index contributed by atoms with van der Waals surface area (Å²) in [7, 11) is 0. The third-order valence-corrected chi connectivity index (χ3v) is 2.93. The van der Waals surface area contributed by atoms with E-state index in [1.165, 1.54) is 18.3 Å². The van der Waals surface area contributed by atoms with E-state index in [0.29, 0.717) is 6.54 Å². The molecule has 0 aliphatic carbocycles. The van der Waals surface area contributed by atoms with Gasteiger partial charge in [0.15, 0.2) is 0 Å². The minimum atomic E-state index is -1.05. The molecule has 0 aliphatic heterocycles. The molecule has 0 radical (unpaired) electrons.